The van der Waals surface area contributed by atoms with Crippen LogP contribution in [0, 0.1) is 11.3 Å². The average molecular weight is 207 g/mol. The van der Waals surface area contributed by atoms with Crippen LogP contribution in [0.2, 0.25) is 0 Å². The number of nitriles is 1. The third-order valence-electron chi connectivity index (χ3n) is 1.80. The van der Waals surface area contributed by atoms with Crippen LogP contribution in [0.1, 0.15) is 5.56 Å². The number of rotatable bonds is 5. The first-order valence-corrected chi connectivity index (χ1v) is 4.51. The van der Waals surface area contributed by atoms with E-state index in [1.165, 1.54) is 0 Å². The molecule has 0 atom stereocenters. The topological polar surface area (TPSA) is 51.5 Å². The molecule has 0 amide bonds. The molecule has 0 spiro atoms. The fourth-order valence-corrected chi connectivity index (χ4v) is 1.08. The van der Waals surface area contributed by atoms with Crippen molar-refractivity contribution in [2.75, 3.05) is 27.4 Å². The van der Waals surface area contributed by atoms with Gasteiger partial charge in [-0.3, -0.25) is 0 Å². The van der Waals surface area contributed by atoms with E-state index >= 15 is 0 Å². The Bertz CT molecular complexity index is 357. The highest BCUT2D eigenvalue weighted by atomic mass is 16.5. The molecule has 4 heteroatoms. The minimum Gasteiger partial charge on any atom is -0.497 e. The smallest absolute Gasteiger partial charge is 0.124 e. The standard InChI is InChI=1S/C11H13NO3/c1-13-3-4-15-11-6-9(8-12)5-10(7-11)14-2/h5-7H,3-4H2,1-2H3. The van der Waals surface area contributed by atoms with Crippen molar-refractivity contribution in [1.82, 2.24) is 0 Å². The van der Waals surface area contributed by atoms with Crippen LogP contribution in [0.15, 0.2) is 18.2 Å². The lowest BCUT2D eigenvalue weighted by Gasteiger charge is -2.07. The summed E-state index contributed by atoms with van der Waals surface area (Å²) in [5.41, 5.74) is 0.516. The third kappa shape index (κ3) is 3.49. The van der Waals surface area contributed by atoms with Gasteiger partial charge in [0.2, 0.25) is 0 Å². The number of nitrogens with zero attached hydrogens (tertiary/aromatic N) is 1. The van der Waals surface area contributed by atoms with E-state index in [0.717, 1.165) is 0 Å². The molecule has 0 saturated carbocycles. The predicted octanol–water partition coefficient (Wildman–Crippen LogP) is 1.59. The lowest BCUT2D eigenvalue weighted by molar-refractivity contribution is 0.146. The van der Waals surface area contributed by atoms with Gasteiger partial charge in [0, 0.05) is 13.2 Å². The molecule has 0 aliphatic heterocycles. The van der Waals surface area contributed by atoms with Crippen LogP contribution in [0.3, 0.4) is 0 Å². The van der Waals surface area contributed by atoms with Crippen LogP contribution in [-0.2, 0) is 4.74 Å². The molecule has 1 rings (SSSR count). The summed E-state index contributed by atoms with van der Waals surface area (Å²) in [6.07, 6.45) is 0. The SMILES string of the molecule is COCCOc1cc(C#N)cc(OC)c1. The van der Waals surface area contributed by atoms with Crippen molar-refractivity contribution < 1.29 is 14.2 Å². The first kappa shape index (κ1) is 11.3. The number of ether oxygens (including phenoxy) is 3. The summed E-state index contributed by atoms with van der Waals surface area (Å²) in [6, 6.07) is 7.09. The zero-order chi connectivity index (χ0) is 11.1. The van der Waals surface area contributed by atoms with Crippen molar-refractivity contribution in [2.45, 2.75) is 0 Å². The largest absolute Gasteiger partial charge is 0.497 e. The summed E-state index contributed by atoms with van der Waals surface area (Å²) in [5.74, 6) is 1.23. The molecule has 4 nitrogen and oxygen atoms in total. The van der Waals surface area contributed by atoms with E-state index in [4.69, 9.17) is 19.5 Å². The summed E-state index contributed by atoms with van der Waals surface area (Å²) in [4.78, 5) is 0. The fraction of sp³-hybridized carbons (Fsp3) is 0.364. The number of hydrogen-bond donors (Lipinski definition) is 0. The van der Waals surface area contributed by atoms with Crippen molar-refractivity contribution in [3.63, 3.8) is 0 Å². The molecule has 0 aliphatic rings. The van der Waals surface area contributed by atoms with Gasteiger partial charge in [-0.2, -0.15) is 5.26 Å². The molecule has 80 valence electrons. The Morgan fingerprint density at radius 3 is 2.47 bits per heavy atom. The minimum atomic E-state index is 0.453. The molecule has 15 heavy (non-hydrogen) atoms. The van der Waals surface area contributed by atoms with E-state index in [1.807, 2.05) is 6.07 Å². The maximum absolute atomic E-state index is 8.77. The monoisotopic (exact) mass is 207 g/mol. The lowest BCUT2D eigenvalue weighted by atomic mass is 10.2. The second-order valence-electron chi connectivity index (χ2n) is 2.85. The normalized spacial score (nSPS) is 9.40. The van der Waals surface area contributed by atoms with E-state index in [-0.39, 0.29) is 0 Å². The van der Waals surface area contributed by atoms with Crippen LogP contribution in [0.5, 0.6) is 11.5 Å². The molecular weight excluding hydrogens is 194 g/mol. The lowest BCUT2D eigenvalue weighted by Crippen LogP contribution is -2.04. The summed E-state index contributed by atoms with van der Waals surface area (Å²) in [7, 11) is 3.16. The van der Waals surface area contributed by atoms with Crippen molar-refractivity contribution in [1.29, 1.82) is 5.26 Å². The minimum absolute atomic E-state index is 0.453. The Balaban J connectivity index is 2.74. The molecule has 0 N–H and O–H groups in total. The molecule has 0 aromatic heterocycles. The third-order valence-corrected chi connectivity index (χ3v) is 1.80. The van der Waals surface area contributed by atoms with Gasteiger partial charge in [-0.15, -0.1) is 0 Å². The number of methoxy groups -OCH3 is 2. The van der Waals surface area contributed by atoms with Crippen molar-refractivity contribution in [3.8, 4) is 17.6 Å². The van der Waals surface area contributed by atoms with Gasteiger partial charge in [0.05, 0.1) is 25.3 Å². The summed E-state index contributed by atoms with van der Waals surface area (Å²) in [5, 5.41) is 8.77. The Labute approximate surface area is 89.0 Å². The van der Waals surface area contributed by atoms with Gasteiger partial charge in [0.1, 0.15) is 18.1 Å². The second-order valence-corrected chi connectivity index (χ2v) is 2.85. The maximum Gasteiger partial charge on any atom is 0.124 e. The Hall–Kier alpha value is -1.73. The van der Waals surface area contributed by atoms with Gasteiger partial charge in [-0.25, -0.2) is 0 Å². The molecule has 0 heterocycles. The summed E-state index contributed by atoms with van der Waals surface area (Å²) in [6.45, 7) is 0.966. The molecule has 0 aliphatic carbocycles. The Kier molecular flexibility index (Phi) is 4.45. The van der Waals surface area contributed by atoms with Gasteiger partial charge >= 0.3 is 0 Å². The van der Waals surface area contributed by atoms with Crippen molar-refractivity contribution >= 4 is 0 Å². The quantitative estimate of drug-likeness (QED) is 0.688. The van der Waals surface area contributed by atoms with Gasteiger partial charge < -0.3 is 14.2 Å². The highest BCUT2D eigenvalue weighted by Crippen LogP contribution is 2.22. The molecule has 0 bridgehead atoms. The van der Waals surface area contributed by atoms with Crippen LogP contribution in [0.25, 0.3) is 0 Å². The maximum atomic E-state index is 8.77. The van der Waals surface area contributed by atoms with E-state index in [9.17, 15) is 0 Å². The van der Waals surface area contributed by atoms with Crippen molar-refractivity contribution in [2.24, 2.45) is 0 Å². The fourth-order valence-electron chi connectivity index (χ4n) is 1.08. The summed E-state index contributed by atoms with van der Waals surface area (Å²) < 4.78 is 15.3. The molecule has 0 fully saturated rings. The molecule has 0 saturated heterocycles. The van der Waals surface area contributed by atoms with E-state index in [1.54, 1.807) is 32.4 Å². The Morgan fingerprint density at radius 1 is 1.13 bits per heavy atom. The van der Waals surface area contributed by atoms with E-state index in [2.05, 4.69) is 0 Å². The van der Waals surface area contributed by atoms with E-state index in [0.29, 0.717) is 30.3 Å². The highest BCUT2D eigenvalue weighted by molar-refractivity contribution is 5.43. The zero-order valence-corrected chi connectivity index (χ0v) is 8.82. The van der Waals surface area contributed by atoms with Crippen LogP contribution in [0.4, 0.5) is 0 Å². The average Bonchev–Trinajstić information content (AvgIpc) is 2.29. The highest BCUT2D eigenvalue weighted by Gasteiger charge is 2.01. The molecule has 1 aromatic rings. The van der Waals surface area contributed by atoms with Gasteiger partial charge in [0.25, 0.3) is 0 Å². The van der Waals surface area contributed by atoms with E-state index < -0.39 is 0 Å². The van der Waals surface area contributed by atoms with Crippen LogP contribution in [-0.4, -0.2) is 27.4 Å². The number of benzene rings is 1. The first-order valence-electron chi connectivity index (χ1n) is 4.51. The molecule has 1 aromatic carbocycles. The van der Waals surface area contributed by atoms with Crippen LogP contribution >= 0.6 is 0 Å². The molecule has 0 unspecified atom stereocenters. The van der Waals surface area contributed by atoms with Gasteiger partial charge in [0.15, 0.2) is 0 Å². The number of hydrogen-bond acceptors (Lipinski definition) is 4. The Morgan fingerprint density at radius 2 is 1.87 bits per heavy atom. The van der Waals surface area contributed by atoms with Crippen molar-refractivity contribution in [3.05, 3.63) is 23.8 Å². The second kappa shape index (κ2) is 5.89. The van der Waals surface area contributed by atoms with Gasteiger partial charge in [-0.1, -0.05) is 0 Å². The summed E-state index contributed by atoms with van der Waals surface area (Å²) >= 11 is 0. The van der Waals surface area contributed by atoms with Gasteiger partial charge in [-0.05, 0) is 12.1 Å². The first-order chi connectivity index (χ1) is 7.30. The predicted molar refractivity (Wildman–Crippen MR) is 55.1 cm³/mol. The molecule has 0 radical (unpaired) electrons. The van der Waals surface area contributed by atoms with Crippen LogP contribution < -0.4 is 9.47 Å². The zero-order valence-electron chi connectivity index (χ0n) is 8.82. The molecular formula is C11H13NO3.